The lowest BCUT2D eigenvalue weighted by molar-refractivity contribution is 1.44. The molecule has 0 radical (unpaired) electrons. The lowest BCUT2D eigenvalue weighted by Crippen LogP contribution is -1.72. The second-order valence-electron chi connectivity index (χ2n) is 2.91. The summed E-state index contributed by atoms with van der Waals surface area (Å²) in [4.78, 5) is 0. The Kier molecular flexibility index (Phi) is 6.14. The summed E-state index contributed by atoms with van der Waals surface area (Å²) in [7, 11) is 0. The van der Waals surface area contributed by atoms with Crippen LogP contribution in [0, 0.1) is 0 Å². The Morgan fingerprint density at radius 2 is 1.20 bits per heavy atom. The van der Waals surface area contributed by atoms with E-state index in [1.165, 1.54) is 5.56 Å². The molecular formula is C13H12BrCl. The highest BCUT2D eigenvalue weighted by Gasteiger charge is 1.87. The van der Waals surface area contributed by atoms with Gasteiger partial charge in [0.15, 0.2) is 0 Å². The Morgan fingerprint density at radius 3 is 1.53 bits per heavy atom. The lowest BCUT2D eigenvalue weighted by atomic mass is 10.2. The van der Waals surface area contributed by atoms with Crippen molar-refractivity contribution in [1.29, 1.82) is 0 Å². The maximum absolute atomic E-state index is 5.65. The van der Waals surface area contributed by atoms with Gasteiger partial charge in [-0.15, -0.1) is 0 Å². The van der Waals surface area contributed by atoms with Gasteiger partial charge in [-0.3, -0.25) is 0 Å². The van der Waals surface area contributed by atoms with Gasteiger partial charge >= 0.3 is 0 Å². The molecule has 0 spiro atoms. The van der Waals surface area contributed by atoms with Gasteiger partial charge in [-0.05, 0) is 17.7 Å². The van der Waals surface area contributed by atoms with Crippen molar-refractivity contribution in [2.45, 2.75) is 5.33 Å². The third-order valence-electron chi connectivity index (χ3n) is 1.73. The van der Waals surface area contributed by atoms with Gasteiger partial charge in [0.05, 0.1) is 0 Å². The Labute approximate surface area is 104 Å². The van der Waals surface area contributed by atoms with E-state index in [-0.39, 0.29) is 0 Å². The number of benzene rings is 2. The summed E-state index contributed by atoms with van der Waals surface area (Å²) < 4.78 is 0. The maximum Gasteiger partial charge on any atom is 0.0406 e. The second-order valence-corrected chi connectivity index (χ2v) is 3.91. The highest BCUT2D eigenvalue weighted by atomic mass is 79.9. The molecule has 0 aliphatic rings. The summed E-state index contributed by atoms with van der Waals surface area (Å²) in [5.74, 6) is 0. The van der Waals surface area contributed by atoms with Gasteiger partial charge < -0.3 is 0 Å². The molecule has 2 rings (SSSR count). The monoisotopic (exact) mass is 282 g/mol. The van der Waals surface area contributed by atoms with Crippen molar-refractivity contribution in [1.82, 2.24) is 0 Å². The van der Waals surface area contributed by atoms with E-state index in [1.54, 1.807) is 0 Å². The zero-order valence-corrected chi connectivity index (χ0v) is 10.6. The summed E-state index contributed by atoms with van der Waals surface area (Å²) in [6, 6.07) is 19.8. The van der Waals surface area contributed by atoms with Gasteiger partial charge in [0, 0.05) is 10.4 Å². The topological polar surface area (TPSA) is 0 Å². The van der Waals surface area contributed by atoms with Crippen LogP contribution in [0.5, 0.6) is 0 Å². The SMILES string of the molecule is Clc1ccc(CBr)cc1.c1ccccc1. The first-order valence-corrected chi connectivity index (χ1v) is 6.13. The first-order valence-electron chi connectivity index (χ1n) is 4.63. The third kappa shape index (κ3) is 5.60. The van der Waals surface area contributed by atoms with E-state index in [1.807, 2.05) is 60.7 Å². The average molecular weight is 284 g/mol. The first kappa shape index (κ1) is 12.3. The Morgan fingerprint density at radius 1 is 0.800 bits per heavy atom. The Bertz CT molecular complexity index is 329. The fraction of sp³-hybridized carbons (Fsp3) is 0.0769. The zero-order chi connectivity index (χ0) is 10.9. The smallest absolute Gasteiger partial charge is 0.0406 e. The van der Waals surface area contributed by atoms with Crippen LogP contribution in [0.1, 0.15) is 5.56 Å². The fourth-order valence-corrected chi connectivity index (χ4v) is 1.46. The van der Waals surface area contributed by atoms with Gasteiger partial charge in [0.2, 0.25) is 0 Å². The van der Waals surface area contributed by atoms with Crippen LogP contribution in [0.2, 0.25) is 5.02 Å². The minimum atomic E-state index is 0.791. The molecule has 2 heteroatoms. The predicted molar refractivity (Wildman–Crippen MR) is 70.5 cm³/mol. The van der Waals surface area contributed by atoms with Crippen LogP contribution in [0.15, 0.2) is 60.7 Å². The molecule has 0 aliphatic carbocycles. The van der Waals surface area contributed by atoms with Crippen molar-refractivity contribution in [2.24, 2.45) is 0 Å². The van der Waals surface area contributed by atoms with Crippen LogP contribution in [-0.2, 0) is 5.33 Å². The summed E-state index contributed by atoms with van der Waals surface area (Å²) >= 11 is 8.99. The number of halogens is 2. The molecule has 0 saturated heterocycles. The van der Waals surface area contributed by atoms with E-state index in [4.69, 9.17) is 11.6 Å². The minimum absolute atomic E-state index is 0.791. The highest BCUT2D eigenvalue weighted by Crippen LogP contribution is 2.11. The summed E-state index contributed by atoms with van der Waals surface area (Å²) in [6.07, 6.45) is 0. The van der Waals surface area contributed by atoms with Crippen LogP contribution in [0.25, 0.3) is 0 Å². The molecule has 2 aromatic carbocycles. The van der Waals surface area contributed by atoms with Crippen molar-refractivity contribution in [3.05, 3.63) is 71.2 Å². The van der Waals surface area contributed by atoms with Crippen molar-refractivity contribution < 1.29 is 0 Å². The van der Waals surface area contributed by atoms with Crippen molar-refractivity contribution in [2.75, 3.05) is 0 Å². The normalized spacial score (nSPS) is 8.93. The van der Waals surface area contributed by atoms with E-state index in [2.05, 4.69) is 15.9 Å². The van der Waals surface area contributed by atoms with Gasteiger partial charge in [-0.2, -0.15) is 0 Å². The van der Waals surface area contributed by atoms with Crippen LogP contribution in [0.3, 0.4) is 0 Å². The standard InChI is InChI=1S/C7H6BrCl.C6H6/c8-5-6-1-3-7(9)4-2-6;1-2-4-6-5-3-1/h1-4H,5H2;1-6H. The van der Waals surface area contributed by atoms with E-state index in [9.17, 15) is 0 Å². The molecule has 0 saturated carbocycles. The van der Waals surface area contributed by atoms with E-state index < -0.39 is 0 Å². The fourth-order valence-electron chi connectivity index (χ4n) is 0.958. The quantitative estimate of drug-likeness (QED) is 0.652. The highest BCUT2D eigenvalue weighted by molar-refractivity contribution is 9.08. The molecule has 0 fully saturated rings. The van der Waals surface area contributed by atoms with E-state index in [0.29, 0.717) is 0 Å². The first-order chi connectivity index (χ1) is 7.33. The maximum atomic E-state index is 5.65. The van der Waals surface area contributed by atoms with E-state index >= 15 is 0 Å². The molecule has 0 atom stereocenters. The van der Waals surface area contributed by atoms with Gasteiger partial charge in [0.1, 0.15) is 0 Å². The minimum Gasteiger partial charge on any atom is -0.0876 e. The molecule has 0 amide bonds. The molecule has 0 N–H and O–H groups in total. The second kappa shape index (κ2) is 7.49. The Hall–Kier alpha value is -0.790. The largest absolute Gasteiger partial charge is 0.0876 e. The molecule has 0 bridgehead atoms. The Balaban J connectivity index is 0.000000162. The number of rotatable bonds is 1. The summed E-state index contributed by atoms with van der Waals surface area (Å²) in [6.45, 7) is 0. The number of hydrogen-bond donors (Lipinski definition) is 0. The van der Waals surface area contributed by atoms with Crippen LogP contribution in [-0.4, -0.2) is 0 Å². The number of hydrogen-bond acceptors (Lipinski definition) is 0. The molecule has 78 valence electrons. The molecule has 15 heavy (non-hydrogen) atoms. The molecule has 0 aromatic heterocycles. The lowest BCUT2D eigenvalue weighted by Gasteiger charge is -1.92. The van der Waals surface area contributed by atoms with Crippen molar-refractivity contribution >= 4 is 27.5 Å². The summed E-state index contributed by atoms with van der Waals surface area (Å²) in [5.41, 5.74) is 1.25. The van der Waals surface area contributed by atoms with Crippen LogP contribution < -0.4 is 0 Å². The van der Waals surface area contributed by atoms with Gasteiger partial charge in [-0.25, -0.2) is 0 Å². The van der Waals surface area contributed by atoms with Gasteiger partial charge in [0.25, 0.3) is 0 Å². The number of alkyl halides is 1. The summed E-state index contributed by atoms with van der Waals surface area (Å²) in [5, 5.41) is 1.68. The average Bonchev–Trinajstić information content (AvgIpc) is 2.33. The van der Waals surface area contributed by atoms with E-state index in [0.717, 1.165) is 10.4 Å². The third-order valence-corrected chi connectivity index (χ3v) is 2.63. The van der Waals surface area contributed by atoms with Crippen LogP contribution in [0.4, 0.5) is 0 Å². The van der Waals surface area contributed by atoms with Crippen LogP contribution >= 0.6 is 27.5 Å². The van der Waals surface area contributed by atoms with Crippen molar-refractivity contribution in [3.63, 3.8) is 0 Å². The molecule has 2 aromatic rings. The van der Waals surface area contributed by atoms with Crippen molar-refractivity contribution in [3.8, 4) is 0 Å². The molecule has 0 heterocycles. The predicted octanol–water partition coefficient (Wildman–Crippen LogP) is 4.92. The molecule has 0 unspecified atom stereocenters. The molecular weight excluding hydrogens is 272 g/mol. The molecule has 0 nitrogen and oxygen atoms in total. The van der Waals surface area contributed by atoms with Gasteiger partial charge in [-0.1, -0.05) is 76.1 Å². The molecule has 0 aliphatic heterocycles. The zero-order valence-electron chi connectivity index (χ0n) is 8.24.